The number of benzene rings is 3. The predicted molar refractivity (Wildman–Crippen MR) is 135 cm³/mol. The molecule has 6 rings (SSSR count). The third-order valence-corrected chi connectivity index (χ3v) is 7.31. The second kappa shape index (κ2) is 9.72. The van der Waals surface area contributed by atoms with Gasteiger partial charge in [0.05, 0.1) is 6.61 Å². The van der Waals surface area contributed by atoms with Gasteiger partial charge in [0.1, 0.15) is 24.2 Å². The van der Waals surface area contributed by atoms with E-state index in [9.17, 15) is 13.9 Å². The van der Waals surface area contributed by atoms with Crippen molar-refractivity contribution < 1.29 is 27.8 Å². The maximum Gasteiger partial charge on any atom is 0.195 e. The molecular weight excluding hydrogens is 479 g/mol. The summed E-state index contributed by atoms with van der Waals surface area (Å²) in [6, 6.07) is 15.2. The van der Waals surface area contributed by atoms with E-state index in [1.807, 2.05) is 24.3 Å². The maximum atomic E-state index is 15.3. The van der Waals surface area contributed by atoms with Crippen molar-refractivity contribution in [1.29, 1.82) is 0 Å². The highest BCUT2D eigenvalue weighted by Gasteiger charge is 2.27. The Kier molecular flexibility index (Phi) is 6.26. The number of aromatic hydroxyl groups is 1. The van der Waals surface area contributed by atoms with Crippen molar-refractivity contribution in [1.82, 2.24) is 4.90 Å². The molecule has 1 aliphatic carbocycles. The van der Waals surface area contributed by atoms with Crippen molar-refractivity contribution in [3.63, 3.8) is 0 Å². The topological polar surface area (TPSA) is 41.9 Å². The number of hydrogen-bond donors (Lipinski definition) is 1. The molecule has 190 valence electrons. The van der Waals surface area contributed by atoms with Gasteiger partial charge in [-0.1, -0.05) is 36.4 Å². The SMILES string of the molecule is Oc1cc2c(c3c1=c1ccccc1=C(F)C(F)=C3F)COC(c1ccc(OCCN3CCCC3)cc1)C=2. The van der Waals surface area contributed by atoms with Crippen molar-refractivity contribution in [2.45, 2.75) is 25.6 Å². The molecule has 1 atom stereocenters. The van der Waals surface area contributed by atoms with Crippen LogP contribution in [0.1, 0.15) is 35.6 Å². The summed E-state index contributed by atoms with van der Waals surface area (Å²) in [6.07, 6.45) is 3.79. The van der Waals surface area contributed by atoms with Crippen molar-refractivity contribution in [3.05, 3.63) is 98.0 Å². The third-order valence-electron chi connectivity index (χ3n) is 7.31. The Morgan fingerprint density at radius 3 is 2.41 bits per heavy atom. The molecule has 1 saturated heterocycles. The third kappa shape index (κ3) is 4.32. The first-order valence-corrected chi connectivity index (χ1v) is 12.5. The average Bonchev–Trinajstić information content (AvgIpc) is 3.42. The zero-order valence-corrected chi connectivity index (χ0v) is 20.1. The van der Waals surface area contributed by atoms with Crippen LogP contribution in [-0.4, -0.2) is 36.2 Å². The molecule has 0 aromatic heterocycles. The van der Waals surface area contributed by atoms with E-state index in [2.05, 4.69) is 4.90 Å². The molecule has 3 aromatic carbocycles. The molecule has 0 spiro atoms. The van der Waals surface area contributed by atoms with E-state index in [1.165, 1.54) is 37.1 Å². The normalized spacial score (nSPS) is 19.1. The molecule has 37 heavy (non-hydrogen) atoms. The van der Waals surface area contributed by atoms with Crippen molar-refractivity contribution in [3.8, 4) is 11.5 Å². The average molecular weight is 506 g/mol. The number of phenols is 1. The fourth-order valence-corrected chi connectivity index (χ4v) is 5.40. The number of fused-ring (bicyclic) bond motifs is 4. The molecule has 0 saturated carbocycles. The molecule has 1 N–H and O–H groups in total. The number of phenolic OH excluding ortho intramolecular Hbond substituents is 1. The van der Waals surface area contributed by atoms with Gasteiger partial charge in [-0.25, -0.2) is 13.2 Å². The summed E-state index contributed by atoms with van der Waals surface area (Å²) in [6.45, 7) is 3.76. The van der Waals surface area contributed by atoms with Crippen molar-refractivity contribution >= 4 is 17.7 Å². The molecule has 0 bridgehead atoms. The van der Waals surface area contributed by atoms with E-state index < -0.39 is 23.6 Å². The molecule has 4 nitrogen and oxygen atoms in total. The monoisotopic (exact) mass is 505 g/mol. The Bertz CT molecular complexity index is 1610. The van der Waals surface area contributed by atoms with Crippen LogP contribution >= 0.6 is 0 Å². The van der Waals surface area contributed by atoms with Crippen LogP contribution in [0, 0.1) is 10.4 Å². The number of nitrogens with zero attached hydrogens (tertiary/aromatic N) is 1. The first-order valence-electron chi connectivity index (χ1n) is 12.5. The van der Waals surface area contributed by atoms with E-state index >= 15 is 4.39 Å². The van der Waals surface area contributed by atoms with E-state index in [0.717, 1.165) is 30.9 Å². The van der Waals surface area contributed by atoms with Gasteiger partial charge in [-0.15, -0.1) is 0 Å². The highest BCUT2D eigenvalue weighted by molar-refractivity contribution is 5.77. The largest absolute Gasteiger partial charge is 0.507 e. The van der Waals surface area contributed by atoms with Crippen LogP contribution in [-0.2, 0) is 11.3 Å². The molecule has 1 unspecified atom stereocenters. The van der Waals surface area contributed by atoms with Gasteiger partial charge in [-0.05, 0) is 71.8 Å². The lowest BCUT2D eigenvalue weighted by atomic mass is 9.95. The lowest BCUT2D eigenvalue weighted by molar-refractivity contribution is 0.0756. The fourth-order valence-electron chi connectivity index (χ4n) is 5.40. The molecule has 3 aliphatic rings. The van der Waals surface area contributed by atoms with E-state index in [0.29, 0.717) is 17.4 Å². The molecule has 7 heteroatoms. The zero-order chi connectivity index (χ0) is 25.5. The Morgan fingerprint density at radius 2 is 1.65 bits per heavy atom. The van der Waals surface area contributed by atoms with Gasteiger partial charge in [-0.3, -0.25) is 4.90 Å². The van der Waals surface area contributed by atoms with Gasteiger partial charge in [0.15, 0.2) is 17.5 Å². The van der Waals surface area contributed by atoms with Gasteiger partial charge in [0, 0.05) is 22.5 Å². The van der Waals surface area contributed by atoms with E-state index in [1.54, 1.807) is 12.1 Å². The van der Waals surface area contributed by atoms with Crippen LogP contribution < -0.4 is 15.2 Å². The van der Waals surface area contributed by atoms with Crippen LogP contribution in [0.2, 0.25) is 0 Å². The first-order chi connectivity index (χ1) is 18.0. The molecule has 3 aromatic rings. The summed E-state index contributed by atoms with van der Waals surface area (Å²) < 4.78 is 56.8. The molecule has 0 amide bonds. The van der Waals surface area contributed by atoms with Crippen molar-refractivity contribution in [2.24, 2.45) is 0 Å². The zero-order valence-electron chi connectivity index (χ0n) is 20.1. The van der Waals surface area contributed by atoms with Gasteiger partial charge < -0.3 is 14.6 Å². The molecule has 0 radical (unpaired) electrons. The summed E-state index contributed by atoms with van der Waals surface area (Å²) in [5.74, 6) is -3.71. The first kappa shape index (κ1) is 23.8. The summed E-state index contributed by atoms with van der Waals surface area (Å²) in [7, 11) is 0. The molecule has 1 fully saturated rings. The Morgan fingerprint density at radius 1 is 0.919 bits per heavy atom. The lowest BCUT2D eigenvalue weighted by Gasteiger charge is -2.23. The number of rotatable bonds is 5. The number of allylic oxidation sites excluding steroid dienone is 1. The molecule has 2 aliphatic heterocycles. The van der Waals surface area contributed by atoms with Gasteiger partial charge in [0.25, 0.3) is 0 Å². The maximum absolute atomic E-state index is 15.3. The minimum absolute atomic E-state index is 0.0301. The number of halogens is 3. The van der Waals surface area contributed by atoms with Gasteiger partial charge in [-0.2, -0.15) is 0 Å². The summed E-state index contributed by atoms with van der Waals surface area (Å²) in [5, 5.41) is 11.6. The van der Waals surface area contributed by atoms with Crippen molar-refractivity contribution in [2.75, 3.05) is 26.2 Å². The lowest BCUT2D eigenvalue weighted by Crippen LogP contribution is -2.25. The van der Waals surface area contributed by atoms with Crippen LogP contribution in [0.25, 0.3) is 17.7 Å². The summed E-state index contributed by atoms with van der Waals surface area (Å²) in [5.41, 5.74) is 1.05. The van der Waals surface area contributed by atoms with Crippen LogP contribution in [0.4, 0.5) is 13.2 Å². The predicted octanol–water partition coefficient (Wildman–Crippen LogP) is 4.90. The number of hydrogen-bond acceptors (Lipinski definition) is 4. The second-order valence-corrected chi connectivity index (χ2v) is 9.57. The smallest absolute Gasteiger partial charge is 0.195 e. The highest BCUT2D eigenvalue weighted by Crippen LogP contribution is 2.36. The Balaban J connectivity index is 1.35. The number of likely N-dealkylation sites (tertiary alicyclic amines) is 1. The molecule has 2 heterocycles. The quantitative estimate of drug-likeness (QED) is 0.536. The van der Waals surface area contributed by atoms with Gasteiger partial charge in [0.2, 0.25) is 0 Å². The van der Waals surface area contributed by atoms with E-state index in [4.69, 9.17) is 9.47 Å². The standard InChI is InChI=1S/C30H26F3NO3/c31-28-22-6-2-1-5-21(22)26-24(35)15-19-16-25(37-17-23(19)27(26)29(32)30(28)33)18-7-9-20(10-8-18)36-14-13-34-11-3-4-12-34/h1-2,5-10,15-16,25,35H,3-4,11-14,17H2. The minimum Gasteiger partial charge on any atom is -0.507 e. The van der Waals surface area contributed by atoms with Crippen LogP contribution in [0.5, 0.6) is 11.5 Å². The molecular formula is C30H26F3NO3. The van der Waals surface area contributed by atoms with E-state index in [-0.39, 0.29) is 33.6 Å². The number of ether oxygens (including phenoxy) is 2. The van der Waals surface area contributed by atoms with Crippen LogP contribution in [0.3, 0.4) is 0 Å². The second-order valence-electron chi connectivity index (χ2n) is 9.57. The minimum atomic E-state index is -1.58. The van der Waals surface area contributed by atoms with Gasteiger partial charge >= 0.3 is 0 Å². The van der Waals surface area contributed by atoms with Crippen LogP contribution in [0.15, 0.2) is 60.4 Å². The fraction of sp³-hybridized carbons (Fsp3) is 0.267. The summed E-state index contributed by atoms with van der Waals surface area (Å²) >= 11 is 0. The Labute approximate surface area is 211 Å². The highest BCUT2D eigenvalue weighted by atomic mass is 19.2. The Hall–Kier alpha value is -3.55. The summed E-state index contributed by atoms with van der Waals surface area (Å²) in [4.78, 5) is 2.39.